The van der Waals surface area contributed by atoms with Gasteiger partial charge in [0.2, 0.25) is 5.91 Å². The third-order valence-corrected chi connectivity index (χ3v) is 9.10. The highest BCUT2D eigenvalue weighted by Crippen LogP contribution is 2.61. The summed E-state index contributed by atoms with van der Waals surface area (Å²) in [5.74, 6) is 1.17. The van der Waals surface area contributed by atoms with Gasteiger partial charge < -0.3 is 10.4 Å². The molecule has 3 unspecified atom stereocenters. The van der Waals surface area contributed by atoms with Crippen LogP contribution < -0.4 is 5.32 Å². The van der Waals surface area contributed by atoms with E-state index in [9.17, 15) is 9.90 Å². The maximum atomic E-state index is 13.6. The Labute approximate surface area is 174 Å². The van der Waals surface area contributed by atoms with E-state index in [1.165, 1.54) is 16.9 Å². The highest BCUT2D eigenvalue weighted by Gasteiger charge is 2.60. The number of nitrogens with one attached hydrogen (secondary N) is 1. The second-order valence-corrected chi connectivity index (χ2v) is 11.5. The highest BCUT2D eigenvalue weighted by molar-refractivity contribution is 7.11. The van der Waals surface area contributed by atoms with Crippen LogP contribution in [0.15, 0.2) is 16.8 Å². The van der Waals surface area contributed by atoms with E-state index in [0.29, 0.717) is 18.3 Å². The van der Waals surface area contributed by atoms with Gasteiger partial charge in [0.05, 0.1) is 22.8 Å². The molecule has 0 spiro atoms. The zero-order chi connectivity index (χ0) is 19.5. The summed E-state index contributed by atoms with van der Waals surface area (Å²) in [5.41, 5.74) is 1.30. The van der Waals surface area contributed by atoms with Crippen molar-refractivity contribution in [3.05, 3.63) is 38.0 Å². The molecular formula is C22H28N2O2S2. The van der Waals surface area contributed by atoms with Crippen molar-refractivity contribution in [3.63, 3.8) is 0 Å². The SMILES string of the molecule is Cc1nc(C(Cc2ccsc2)NC(=O)C23CC4CC(CC(O)(C4)C2)C3)sc1C. The zero-order valence-electron chi connectivity index (χ0n) is 16.5. The van der Waals surface area contributed by atoms with Crippen LogP contribution >= 0.6 is 22.7 Å². The second kappa shape index (κ2) is 6.64. The Morgan fingerprint density at radius 3 is 2.64 bits per heavy atom. The maximum absolute atomic E-state index is 13.6. The first-order valence-corrected chi connectivity index (χ1v) is 12.1. The lowest BCUT2D eigenvalue weighted by atomic mass is 9.47. The van der Waals surface area contributed by atoms with Crippen molar-refractivity contribution in [1.82, 2.24) is 10.3 Å². The molecule has 4 aliphatic rings. The van der Waals surface area contributed by atoms with Crippen LogP contribution in [0.2, 0.25) is 0 Å². The Hall–Kier alpha value is -1.24. The summed E-state index contributed by atoms with van der Waals surface area (Å²) in [6, 6.07) is 2.03. The number of rotatable bonds is 5. The highest BCUT2D eigenvalue weighted by atomic mass is 32.1. The summed E-state index contributed by atoms with van der Waals surface area (Å²) in [4.78, 5) is 19.6. The van der Waals surface area contributed by atoms with Crippen molar-refractivity contribution in [1.29, 1.82) is 0 Å². The van der Waals surface area contributed by atoms with E-state index >= 15 is 0 Å². The van der Waals surface area contributed by atoms with Gasteiger partial charge in [-0.1, -0.05) is 0 Å². The van der Waals surface area contributed by atoms with Crippen LogP contribution in [0.1, 0.15) is 65.7 Å². The summed E-state index contributed by atoms with van der Waals surface area (Å²) in [7, 11) is 0. The summed E-state index contributed by atoms with van der Waals surface area (Å²) < 4.78 is 0. The van der Waals surface area contributed by atoms with Crippen molar-refractivity contribution in [3.8, 4) is 0 Å². The van der Waals surface area contributed by atoms with E-state index in [-0.39, 0.29) is 17.4 Å². The minimum absolute atomic E-state index is 0.0952. The Morgan fingerprint density at radius 2 is 2.07 bits per heavy atom. The van der Waals surface area contributed by atoms with Crippen LogP contribution in [-0.2, 0) is 11.2 Å². The fraction of sp³-hybridized carbons (Fsp3) is 0.636. The molecule has 2 heterocycles. The fourth-order valence-electron chi connectivity index (χ4n) is 6.28. The molecule has 4 saturated carbocycles. The van der Waals surface area contributed by atoms with E-state index < -0.39 is 5.60 Å². The van der Waals surface area contributed by atoms with Gasteiger partial charge in [0.1, 0.15) is 5.01 Å². The summed E-state index contributed by atoms with van der Waals surface area (Å²) in [6.07, 6.45) is 6.27. The number of amides is 1. The Kier molecular flexibility index (Phi) is 4.45. The minimum atomic E-state index is -0.612. The van der Waals surface area contributed by atoms with E-state index in [2.05, 4.69) is 29.1 Å². The Balaban J connectivity index is 1.41. The topological polar surface area (TPSA) is 62.2 Å². The molecule has 28 heavy (non-hydrogen) atoms. The number of aryl methyl sites for hydroxylation is 2. The molecule has 6 rings (SSSR count). The molecule has 0 radical (unpaired) electrons. The molecule has 4 fully saturated rings. The van der Waals surface area contributed by atoms with Gasteiger partial charge >= 0.3 is 0 Å². The molecule has 4 bridgehead atoms. The lowest BCUT2D eigenvalue weighted by Crippen LogP contribution is -2.60. The minimum Gasteiger partial charge on any atom is -0.390 e. The van der Waals surface area contributed by atoms with Crippen LogP contribution in [-0.4, -0.2) is 21.6 Å². The van der Waals surface area contributed by atoms with E-state index in [1.54, 1.807) is 22.7 Å². The van der Waals surface area contributed by atoms with Gasteiger partial charge in [0.15, 0.2) is 0 Å². The first kappa shape index (κ1) is 18.8. The summed E-state index contributed by atoms with van der Waals surface area (Å²) in [6.45, 7) is 4.13. The van der Waals surface area contributed by atoms with Crippen molar-refractivity contribution in [2.75, 3.05) is 0 Å². The normalized spacial score (nSPS) is 34.5. The number of aliphatic hydroxyl groups is 1. The molecule has 1 amide bonds. The fourth-order valence-corrected chi connectivity index (χ4v) is 7.94. The lowest BCUT2D eigenvalue weighted by Gasteiger charge is -2.59. The lowest BCUT2D eigenvalue weighted by molar-refractivity contribution is -0.178. The van der Waals surface area contributed by atoms with Gasteiger partial charge in [-0.2, -0.15) is 11.3 Å². The first-order valence-electron chi connectivity index (χ1n) is 10.3. The molecule has 6 heteroatoms. The van der Waals surface area contributed by atoms with Crippen LogP contribution in [0, 0.1) is 31.1 Å². The van der Waals surface area contributed by atoms with Crippen molar-refractivity contribution in [2.24, 2.45) is 17.3 Å². The number of hydrogen-bond donors (Lipinski definition) is 2. The monoisotopic (exact) mass is 416 g/mol. The van der Waals surface area contributed by atoms with E-state index in [0.717, 1.165) is 42.8 Å². The van der Waals surface area contributed by atoms with E-state index in [1.807, 2.05) is 6.92 Å². The number of aromatic nitrogens is 1. The Bertz CT molecular complexity index is 855. The molecule has 0 aromatic carbocycles. The molecule has 2 aromatic heterocycles. The third-order valence-electron chi connectivity index (χ3n) is 7.18. The molecule has 2 aromatic rings. The molecule has 2 N–H and O–H groups in total. The standard InChI is InChI=1S/C22H28N2O2S2/c1-13-14(2)28-19(23-13)18(6-15-3-4-27-11-15)24-20(25)21-7-16-5-17(8-21)10-22(26,9-16)12-21/h3-4,11,16-18,26H,5-10,12H2,1-2H3,(H,24,25). The number of hydrogen-bond acceptors (Lipinski definition) is 5. The molecule has 4 nitrogen and oxygen atoms in total. The van der Waals surface area contributed by atoms with Gasteiger partial charge in [0.25, 0.3) is 0 Å². The maximum Gasteiger partial charge on any atom is 0.226 e. The second-order valence-electron chi connectivity index (χ2n) is 9.52. The van der Waals surface area contributed by atoms with Crippen LogP contribution in [0.3, 0.4) is 0 Å². The van der Waals surface area contributed by atoms with Gasteiger partial charge in [-0.15, -0.1) is 11.3 Å². The molecular weight excluding hydrogens is 388 g/mol. The molecule has 150 valence electrons. The van der Waals surface area contributed by atoms with Crippen molar-refractivity contribution in [2.45, 2.75) is 70.4 Å². The number of nitrogens with zero attached hydrogens (tertiary/aromatic N) is 1. The molecule has 4 aliphatic carbocycles. The molecule has 0 aliphatic heterocycles. The van der Waals surface area contributed by atoms with Crippen LogP contribution in [0.25, 0.3) is 0 Å². The van der Waals surface area contributed by atoms with Gasteiger partial charge in [0, 0.05) is 11.3 Å². The summed E-state index contributed by atoms with van der Waals surface area (Å²) in [5, 5.41) is 19.7. The van der Waals surface area contributed by atoms with Crippen molar-refractivity contribution < 1.29 is 9.90 Å². The zero-order valence-corrected chi connectivity index (χ0v) is 18.2. The average Bonchev–Trinajstić information content (AvgIpc) is 3.22. The average molecular weight is 417 g/mol. The van der Waals surface area contributed by atoms with E-state index in [4.69, 9.17) is 4.98 Å². The molecule has 0 saturated heterocycles. The quantitative estimate of drug-likeness (QED) is 0.751. The number of thiophene rings is 1. The van der Waals surface area contributed by atoms with Crippen molar-refractivity contribution >= 4 is 28.6 Å². The predicted octanol–water partition coefficient (Wildman–Crippen LogP) is 4.55. The number of carbonyl (C=O) groups is 1. The third kappa shape index (κ3) is 3.23. The Morgan fingerprint density at radius 1 is 1.32 bits per heavy atom. The number of thiazole rings is 1. The number of carbonyl (C=O) groups excluding carboxylic acids is 1. The smallest absolute Gasteiger partial charge is 0.226 e. The largest absolute Gasteiger partial charge is 0.390 e. The van der Waals surface area contributed by atoms with Crippen LogP contribution in [0.5, 0.6) is 0 Å². The van der Waals surface area contributed by atoms with Gasteiger partial charge in [-0.25, -0.2) is 4.98 Å². The van der Waals surface area contributed by atoms with Crippen LogP contribution in [0.4, 0.5) is 0 Å². The summed E-state index contributed by atoms with van der Waals surface area (Å²) >= 11 is 3.38. The first-order chi connectivity index (χ1) is 13.3. The van der Waals surface area contributed by atoms with Gasteiger partial charge in [-0.05, 0) is 86.6 Å². The van der Waals surface area contributed by atoms with Gasteiger partial charge in [-0.3, -0.25) is 4.79 Å². The molecule has 3 atom stereocenters. The predicted molar refractivity (Wildman–Crippen MR) is 113 cm³/mol.